The molecule has 4 atom stereocenters. The summed E-state index contributed by atoms with van der Waals surface area (Å²) in [5.41, 5.74) is 3.79. The van der Waals surface area contributed by atoms with Crippen LogP contribution in [0.15, 0.2) is 27.1 Å². The van der Waals surface area contributed by atoms with E-state index in [1.807, 2.05) is 20.8 Å². The number of rotatable bonds is 2. The highest BCUT2D eigenvalue weighted by atomic mass is 79.9. The average Bonchev–Trinajstić information content (AvgIpc) is 2.82. The Morgan fingerprint density at radius 1 is 1.36 bits per heavy atom. The lowest BCUT2D eigenvalue weighted by Crippen LogP contribution is -2.38. The monoisotopic (exact) mass is 423 g/mol. The second-order valence-electron chi connectivity index (χ2n) is 8.95. The second-order valence-corrected chi connectivity index (χ2v) is 11.8. The Labute approximate surface area is 163 Å². The van der Waals surface area contributed by atoms with Gasteiger partial charge in [0.1, 0.15) is 11.0 Å². The maximum atomic E-state index is 12.9. The molecule has 2 aliphatic rings. The summed E-state index contributed by atoms with van der Waals surface area (Å²) in [5.74, 6) is 1.51. The number of nitrogens with zero attached hydrogens (tertiary/aromatic N) is 1. The lowest BCUT2D eigenvalue weighted by atomic mass is 9.63. The number of hydrogen-bond donors (Lipinski definition) is 0. The van der Waals surface area contributed by atoms with Crippen LogP contribution in [0, 0.1) is 17.3 Å². The SMILES string of the molecule is CC[C@@H]1C[C@]2(CC[C@H]1C)Cc1ccc(Br)cc1C2=N[S@](=O)C(C)(C)C. The van der Waals surface area contributed by atoms with Crippen molar-refractivity contribution in [3.8, 4) is 0 Å². The molecule has 25 heavy (non-hydrogen) atoms. The van der Waals surface area contributed by atoms with Gasteiger partial charge in [-0.15, -0.1) is 0 Å². The highest BCUT2D eigenvalue weighted by molar-refractivity contribution is 9.10. The minimum absolute atomic E-state index is 0.0806. The fraction of sp³-hybridized carbons (Fsp3) is 0.667. The smallest absolute Gasteiger partial charge is 0.145 e. The molecule has 0 unspecified atom stereocenters. The molecule has 0 bridgehead atoms. The van der Waals surface area contributed by atoms with Crippen LogP contribution in [-0.2, 0) is 17.4 Å². The van der Waals surface area contributed by atoms with Gasteiger partial charge in [-0.25, -0.2) is 4.21 Å². The van der Waals surface area contributed by atoms with Crippen molar-refractivity contribution in [2.75, 3.05) is 0 Å². The van der Waals surface area contributed by atoms with Crippen LogP contribution in [0.5, 0.6) is 0 Å². The summed E-state index contributed by atoms with van der Waals surface area (Å²) < 4.78 is 18.5. The maximum absolute atomic E-state index is 12.9. The van der Waals surface area contributed by atoms with Crippen LogP contribution in [0.2, 0.25) is 0 Å². The van der Waals surface area contributed by atoms with Gasteiger partial charge in [0, 0.05) is 15.5 Å². The minimum atomic E-state index is -1.22. The van der Waals surface area contributed by atoms with Crippen molar-refractivity contribution in [2.24, 2.45) is 21.6 Å². The van der Waals surface area contributed by atoms with Crippen LogP contribution in [0.4, 0.5) is 0 Å². The van der Waals surface area contributed by atoms with Gasteiger partial charge in [-0.2, -0.15) is 4.40 Å². The second kappa shape index (κ2) is 6.92. The first-order valence-corrected chi connectivity index (χ1v) is 11.4. The van der Waals surface area contributed by atoms with Gasteiger partial charge in [0.25, 0.3) is 0 Å². The van der Waals surface area contributed by atoms with Crippen molar-refractivity contribution < 1.29 is 4.21 Å². The molecule has 0 radical (unpaired) electrons. The van der Waals surface area contributed by atoms with Gasteiger partial charge in [-0.3, -0.25) is 0 Å². The molecule has 0 heterocycles. The third-order valence-corrected chi connectivity index (χ3v) is 8.01. The Hall–Kier alpha value is -0.480. The van der Waals surface area contributed by atoms with E-state index in [0.717, 1.165) is 34.9 Å². The Morgan fingerprint density at radius 2 is 2.08 bits per heavy atom. The summed E-state index contributed by atoms with van der Waals surface area (Å²) in [6, 6.07) is 6.53. The molecule has 0 N–H and O–H groups in total. The maximum Gasteiger partial charge on any atom is 0.145 e. The fourth-order valence-corrected chi connectivity index (χ4v) is 5.58. The van der Waals surface area contributed by atoms with Crippen molar-refractivity contribution in [1.82, 2.24) is 0 Å². The quantitative estimate of drug-likeness (QED) is 0.565. The summed E-state index contributed by atoms with van der Waals surface area (Å²) in [6.07, 6.45) is 5.86. The normalized spacial score (nSPS) is 32.2. The summed E-state index contributed by atoms with van der Waals surface area (Å²) in [6.45, 7) is 10.7. The van der Waals surface area contributed by atoms with Gasteiger partial charge in [-0.1, -0.05) is 42.3 Å². The predicted octanol–water partition coefficient (Wildman–Crippen LogP) is 6.09. The predicted molar refractivity (Wildman–Crippen MR) is 112 cm³/mol. The first-order valence-electron chi connectivity index (χ1n) is 9.46. The molecule has 1 saturated carbocycles. The van der Waals surface area contributed by atoms with E-state index in [0.29, 0.717) is 0 Å². The lowest BCUT2D eigenvalue weighted by Gasteiger charge is -2.42. The molecule has 1 spiro atoms. The topological polar surface area (TPSA) is 29.4 Å². The van der Waals surface area contributed by atoms with Gasteiger partial charge in [0.05, 0.1) is 10.5 Å². The molecule has 2 aliphatic carbocycles. The summed E-state index contributed by atoms with van der Waals surface area (Å²) >= 11 is 3.61. The molecule has 3 rings (SSSR count). The highest BCUT2D eigenvalue weighted by Crippen LogP contribution is 2.52. The number of benzene rings is 1. The van der Waals surface area contributed by atoms with E-state index < -0.39 is 11.0 Å². The third-order valence-electron chi connectivity index (χ3n) is 6.12. The first-order chi connectivity index (χ1) is 11.7. The Bertz CT molecular complexity index is 721. The van der Waals surface area contributed by atoms with E-state index in [-0.39, 0.29) is 10.2 Å². The van der Waals surface area contributed by atoms with Crippen molar-refractivity contribution in [3.63, 3.8) is 0 Å². The average molecular weight is 424 g/mol. The molecule has 0 aliphatic heterocycles. The van der Waals surface area contributed by atoms with Gasteiger partial charge >= 0.3 is 0 Å². The highest BCUT2D eigenvalue weighted by Gasteiger charge is 2.48. The first kappa shape index (κ1) is 19.3. The molecule has 1 aromatic carbocycles. The molecule has 2 nitrogen and oxygen atoms in total. The van der Waals surface area contributed by atoms with Crippen LogP contribution in [0.1, 0.15) is 71.4 Å². The molecule has 1 fully saturated rings. The van der Waals surface area contributed by atoms with Crippen molar-refractivity contribution in [2.45, 2.75) is 71.5 Å². The Kier molecular flexibility index (Phi) is 5.34. The summed E-state index contributed by atoms with van der Waals surface area (Å²) in [4.78, 5) is 0. The van der Waals surface area contributed by atoms with E-state index in [1.165, 1.54) is 30.4 Å². The third kappa shape index (κ3) is 3.66. The van der Waals surface area contributed by atoms with Gasteiger partial charge in [0.15, 0.2) is 0 Å². The van der Waals surface area contributed by atoms with E-state index >= 15 is 0 Å². The summed E-state index contributed by atoms with van der Waals surface area (Å²) in [7, 11) is -1.22. The van der Waals surface area contributed by atoms with Gasteiger partial charge in [-0.05, 0) is 76.0 Å². The van der Waals surface area contributed by atoms with Crippen molar-refractivity contribution in [1.29, 1.82) is 0 Å². The molecular weight excluding hydrogens is 394 g/mol. The molecule has 0 amide bonds. The standard InChI is InChI=1S/C21H30BrNOS/c1-6-15-12-21(10-9-14(15)2)13-16-7-8-17(22)11-18(16)19(21)23-25(24)20(3,4)5/h7-8,11,14-15H,6,9-10,12-13H2,1-5H3/t14-,15-,21-,25-/m1/s1. The van der Waals surface area contributed by atoms with Crippen molar-refractivity contribution >= 4 is 32.6 Å². The molecule has 138 valence electrons. The van der Waals surface area contributed by atoms with Gasteiger partial charge in [0.2, 0.25) is 0 Å². The summed E-state index contributed by atoms with van der Waals surface area (Å²) in [5, 5.41) is 0. The van der Waals surface area contributed by atoms with Crippen molar-refractivity contribution in [3.05, 3.63) is 33.8 Å². The number of hydrogen-bond acceptors (Lipinski definition) is 1. The fourth-order valence-electron chi connectivity index (χ4n) is 4.49. The van der Waals surface area contributed by atoms with Crippen LogP contribution in [-0.4, -0.2) is 14.7 Å². The zero-order valence-electron chi connectivity index (χ0n) is 16.1. The molecule has 1 aromatic rings. The minimum Gasteiger partial charge on any atom is -0.234 e. The van der Waals surface area contributed by atoms with E-state index in [4.69, 9.17) is 4.40 Å². The van der Waals surface area contributed by atoms with E-state index in [1.54, 1.807) is 0 Å². The van der Waals surface area contributed by atoms with E-state index in [9.17, 15) is 4.21 Å². The molecule has 4 heteroatoms. The largest absolute Gasteiger partial charge is 0.234 e. The Morgan fingerprint density at radius 3 is 2.72 bits per heavy atom. The molecule has 0 saturated heterocycles. The van der Waals surface area contributed by atoms with Crippen LogP contribution in [0.3, 0.4) is 0 Å². The Balaban J connectivity index is 2.09. The van der Waals surface area contributed by atoms with Crippen LogP contribution in [0.25, 0.3) is 0 Å². The van der Waals surface area contributed by atoms with Crippen LogP contribution >= 0.6 is 15.9 Å². The number of fused-ring (bicyclic) bond motifs is 1. The zero-order chi connectivity index (χ0) is 18.4. The molecule has 0 aromatic heterocycles. The zero-order valence-corrected chi connectivity index (χ0v) is 18.5. The van der Waals surface area contributed by atoms with Gasteiger partial charge < -0.3 is 0 Å². The lowest BCUT2D eigenvalue weighted by molar-refractivity contribution is 0.152. The molecular formula is C21H30BrNOS. The van der Waals surface area contributed by atoms with E-state index in [2.05, 4.69) is 48.0 Å². The number of halogens is 1. The van der Waals surface area contributed by atoms with Crippen LogP contribution < -0.4 is 0 Å².